The normalized spacial score (nSPS) is 11.3. The smallest absolute Gasteiger partial charge is 0.386 e. The Balaban J connectivity index is 3.82. The van der Waals surface area contributed by atoms with Gasteiger partial charge in [-0.05, 0) is 38.5 Å². The third-order valence-electron chi connectivity index (χ3n) is 3.97. The van der Waals surface area contributed by atoms with Crippen molar-refractivity contribution in [1.29, 1.82) is 0 Å². The molecule has 0 aromatic rings. The molecule has 0 unspecified atom stereocenters. The molecule has 0 saturated carbocycles. The van der Waals surface area contributed by atoms with Gasteiger partial charge in [-0.2, -0.15) is 0 Å². The van der Waals surface area contributed by atoms with E-state index in [2.05, 4.69) is 0 Å². The molecule has 0 aromatic heterocycles. The SMILES string of the molecule is COCCCOCCCOB(OCCCOCCCOC)OCCCOCCCOC. The van der Waals surface area contributed by atoms with Gasteiger partial charge in [0, 0.05) is 101 Å². The minimum Gasteiger partial charge on any atom is -0.386 e. The Morgan fingerprint density at radius 2 is 0.613 bits per heavy atom. The van der Waals surface area contributed by atoms with Gasteiger partial charge in [-0.15, -0.1) is 0 Å². The average molecular weight is 452 g/mol. The highest BCUT2D eigenvalue weighted by Gasteiger charge is 2.20. The number of hydrogen-bond donors (Lipinski definition) is 0. The highest BCUT2D eigenvalue weighted by atomic mass is 16.7. The van der Waals surface area contributed by atoms with Crippen LogP contribution in [-0.4, -0.2) is 108 Å². The Labute approximate surface area is 189 Å². The summed E-state index contributed by atoms with van der Waals surface area (Å²) in [5, 5.41) is 0. The minimum absolute atomic E-state index is 0.510. The molecule has 0 aliphatic carbocycles. The number of rotatable bonds is 27. The maximum atomic E-state index is 5.73. The van der Waals surface area contributed by atoms with Crippen molar-refractivity contribution in [2.45, 2.75) is 38.5 Å². The van der Waals surface area contributed by atoms with Crippen LogP contribution in [0, 0.1) is 0 Å². The van der Waals surface area contributed by atoms with Crippen molar-refractivity contribution in [3.05, 3.63) is 0 Å². The predicted octanol–water partition coefficient (Wildman–Crippen LogP) is 2.35. The molecule has 0 spiro atoms. The quantitative estimate of drug-likeness (QED) is 0.138. The maximum absolute atomic E-state index is 5.73. The van der Waals surface area contributed by atoms with E-state index in [4.69, 9.17) is 42.4 Å². The lowest BCUT2D eigenvalue weighted by Gasteiger charge is -2.15. The monoisotopic (exact) mass is 452 g/mol. The van der Waals surface area contributed by atoms with Crippen LogP contribution in [0.5, 0.6) is 0 Å². The number of ether oxygens (including phenoxy) is 6. The van der Waals surface area contributed by atoms with Gasteiger partial charge in [0.05, 0.1) is 0 Å². The van der Waals surface area contributed by atoms with Gasteiger partial charge < -0.3 is 42.4 Å². The lowest BCUT2D eigenvalue weighted by molar-refractivity contribution is 0.0511. The molecular weight excluding hydrogens is 407 g/mol. The molecule has 0 aromatic carbocycles. The van der Waals surface area contributed by atoms with E-state index in [0.29, 0.717) is 79.3 Å². The van der Waals surface area contributed by atoms with Gasteiger partial charge in [-0.25, -0.2) is 0 Å². The zero-order valence-electron chi connectivity index (χ0n) is 20.0. The Morgan fingerprint density at radius 1 is 0.355 bits per heavy atom. The van der Waals surface area contributed by atoms with E-state index in [1.807, 2.05) is 0 Å². The molecule has 0 aliphatic heterocycles. The zero-order valence-corrected chi connectivity index (χ0v) is 20.0. The van der Waals surface area contributed by atoms with Crippen molar-refractivity contribution in [2.75, 3.05) is 101 Å². The topological polar surface area (TPSA) is 83.1 Å². The fourth-order valence-electron chi connectivity index (χ4n) is 2.39. The second-order valence-electron chi connectivity index (χ2n) is 6.84. The van der Waals surface area contributed by atoms with Crippen LogP contribution in [-0.2, 0) is 42.4 Å². The molecular formula is C21H45BO9. The van der Waals surface area contributed by atoms with Gasteiger partial charge >= 0.3 is 7.32 Å². The molecule has 31 heavy (non-hydrogen) atoms. The predicted molar refractivity (Wildman–Crippen MR) is 119 cm³/mol. The summed E-state index contributed by atoms with van der Waals surface area (Å²) in [6.07, 6.45) is 5.03. The van der Waals surface area contributed by atoms with Crippen LogP contribution in [0.25, 0.3) is 0 Å². The summed E-state index contributed by atoms with van der Waals surface area (Å²) < 4.78 is 48.7. The Morgan fingerprint density at radius 3 is 0.871 bits per heavy atom. The Kier molecular flexibility index (Phi) is 27.5. The van der Waals surface area contributed by atoms with E-state index in [1.165, 1.54) is 0 Å². The third-order valence-corrected chi connectivity index (χ3v) is 3.97. The summed E-state index contributed by atoms with van der Waals surface area (Å²) in [6.45, 7) is 7.67. The Hall–Kier alpha value is -0.295. The number of methoxy groups -OCH3 is 3. The third kappa shape index (κ3) is 25.8. The molecule has 0 bridgehead atoms. The lowest BCUT2D eigenvalue weighted by atomic mass is 10.2. The molecule has 0 rings (SSSR count). The van der Waals surface area contributed by atoms with Crippen molar-refractivity contribution >= 4 is 7.32 Å². The maximum Gasteiger partial charge on any atom is 0.639 e. The van der Waals surface area contributed by atoms with Gasteiger partial charge in [-0.3, -0.25) is 0 Å². The fourth-order valence-corrected chi connectivity index (χ4v) is 2.39. The average Bonchev–Trinajstić information content (AvgIpc) is 2.78. The van der Waals surface area contributed by atoms with E-state index < -0.39 is 7.32 Å². The van der Waals surface area contributed by atoms with Crippen molar-refractivity contribution in [3.8, 4) is 0 Å². The van der Waals surface area contributed by atoms with Gasteiger partial charge in [0.15, 0.2) is 0 Å². The standard InChI is InChI=1S/C21H45BO9/c1-23-10-4-13-26-16-7-19-29-22(30-20-8-17-27-14-5-11-24-2)31-21-9-18-28-15-6-12-25-3/h4-21H2,1-3H3. The van der Waals surface area contributed by atoms with Crippen LogP contribution in [0.2, 0.25) is 0 Å². The van der Waals surface area contributed by atoms with Crippen LogP contribution in [0.1, 0.15) is 38.5 Å². The number of hydrogen-bond acceptors (Lipinski definition) is 9. The molecule has 0 atom stereocenters. The first-order valence-corrected chi connectivity index (χ1v) is 11.4. The first kappa shape index (κ1) is 30.7. The highest BCUT2D eigenvalue weighted by Crippen LogP contribution is 2.00. The molecule has 186 valence electrons. The molecule has 0 amide bonds. The van der Waals surface area contributed by atoms with Crippen LogP contribution >= 0.6 is 0 Å². The van der Waals surface area contributed by atoms with Gasteiger partial charge in [0.25, 0.3) is 0 Å². The minimum atomic E-state index is -0.685. The van der Waals surface area contributed by atoms with E-state index in [0.717, 1.165) is 38.5 Å². The van der Waals surface area contributed by atoms with Gasteiger partial charge in [0.2, 0.25) is 0 Å². The molecule has 0 saturated heterocycles. The van der Waals surface area contributed by atoms with Crippen molar-refractivity contribution in [2.24, 2.45) is 0 Å². The van der Waals surface area contributed by atoms with Gasteiger partial charge in [-0.1, -0.05) is 0 Å². The lowest BCUT2D eigenvalue weighted by Crippen LogP contribution is -2.29. The second kappa shape index (κ2) is 27.7. The van der Waals surface area contributed by atoms with Gasteiger partial charge in [0.1, 0.15) is 0 Å². The molecule has 0 radical (unpaired) electrons. The zero-order chi connectivity index (χ0) is 22.7. The fraction of sp³-hybridized carbons (Fsp3) is 1.00. The molecule has 0 N–H and O–H groups in total. The Bertz CT molecular complexity index is 280. The van der Waals surface area contributed by atoms with Crippen molar-refractivity contribution in [1.82, 2.24) is 0 Å². The van der Waals surface area contributed by atoms with E-state index >= 15 is 0 Å². The largest absolute Gasteiger partial charge is 0.639 e. The molecule has 9 nitrogen and oxygen atoms in total. The van der Waals surface area contributed by atoms with Crippen LogP contribution in [0.3, 0.4) is 0 Å². The van der Waals surface area contributed by atoms with Crippen LogP contribution in [0.4, 0.5) is 0 Å². The summed E-state index contributed by atoms with van der Waals surface area (Å²) in [6, 6.07) is 0. The first-order valence-electron chi connectivity index (χ1n) is 11.4. The van der Waals surface area contributed by atoms with E-state index in [1.54, 1.807) is 21.3 Å². The molecule has 0 heterocycles. The van der Waals surface area contributed by atoms with Crippen molar-refractivity contribution < 1.29 is 42.4 Å². The van der Waals surface area contributed by atoms with E-state index in [-0.39, 0.29) is 0 Å². The highest BCUT2D eigenvalue weighted by molar-refractivity contribution is 6.36. The summed E-state index contributed by atoms with van der Waals surface area (Å²) in [7, 11) is 4.38. The molecule has 0 fully saturated rings. The summed E-state index contributed by atoms with van der Waals surface area (Å²) in [4.78, 5) is 0. The summed E-state index contributed by atoms with van der Waals surface area (Å²) >= 11 is 0. The van der Waals surface area contributed by atoms with Crippen LogP contribution in [0.15, 0.2) is 0 Å². The molecule has 0 aliphatic rings. The van der Waals surface area contributed by atoms with E-state index in [9.17, 15) is 0 Å². The molecule has 10 heteroatoms. The van der Waals surface area contributed by atoms with Crippen molar-refractivity contribution in [3.63, 3.8) is 0 Å². The first-order chi connectivity index (χ1) is 15.3. The summed E-state index contributed by atoms with van der Waals surface area (Å²) in [5.41, 5.74) is 0. The second-order valence-corrected chi connectivity index (χ2v) is 6.84. The van der Waals surface area contributed by atoms with Crippen LogP contribution < -0.4 is 0 Å². The summed E-state index contributed by atoms with van der Waals surface area (Å²) in [5.74, 6) is 0.